The van der Waals surface area contributed by atoms with Crippen LogP contribution in [0.2, 0.25) is 0 Å². The number of aromatic nitrogens is 1. The van der Waals surface area contributed by atoms with E-state index >= 15 is 0 Å². The summed E-state index contributed by atoms with van der Waals surface area (Å²) in [6, 6.07) is 12.6. The van der Waals surface area contributed by atoms with E-state index in [-0.39, 0.29) is 6.10 Å². The molecule has 2 aromatic rings. The van der Waals surface area contributed by atoms with Crippen LogP contribution >= 0.6 is 15.9 Å². The van der Waals surface area contributed by atoms with Gasteiger partial charge in [-0.05, 0) is 52.4 Å². The van der Waals surface area contributed by atoms with Gasteiger partial charge in [0.05, 0.1) is 6.10 Å². The number of benzene rings is 1. The first-order chi connectivity index (χ1) is 10.2. The number of nitrogens with zero attached hydrogens (tertiary/aromatic N) is 2. The minimum absolute atomic E-state index is 0.152. The van der Waals surface area contributed by atoms with Gasteiger partial charge in [-0.3, -0.25) is 0 Å². The van der Waals surface area contributed by atoms with Gasteiger partial charge in [0.25, 0.3) is 0 Å². The third kappa shape index (κ3) is 3.63. The molecular formula is C17H19BrN2O. The predicted octanol–water partition coefficient (Wildman–Crippen LogP) is 3.40. The molecule has 0 bridgehead atoms. The number of hydrogen-bond acceptors (Lipinski definition) is 3. The normalized spacial score (nSPS) is 16.2. The van der Waals surface area contributed by atoms with Gasteiger partial charge in [0.15, 0.2) is 0 Å². The van der Waals surface area contributed by atoms with Crippen molar-refractivity contribution in [2.75, 3.05) is 18.0 Å². The number of piperidine rings is 1. The van der Waals surface area contributed by atoms with Crippen LogP contribution in [-0.2, 0) is 6.42 Å². The van der Waals surface area contributed by atoms with Gasteiger partial charge in [0, 0.05) is 23.8 Å². The Balaban J connectivity index is 1.79. The molecule has 110 valence electrons. The molecule has 3 rings (SSSR count). The number of aliphatic hydroxyl groups excluding tert-OH is 1. The van der Waals surface area contributed by atoms with Crippen LogP contribution in [0.5, 0.6) is 0 Å². The van der Waals surface area contributed by atoms with Crippen molar-refractivity contribution in [3.8, 4) is 0 Å². The molecule has 4 heteroatoms. The Morgan fingerprint density at radius 3 is 2.62 bits per heavy atom. The van der Waals surface area contributed by atoms with Crippen molar-refractivity contribution in [1.29, 1.82) is 0 Å². The van der Waals surface area contributed by atoms with E-state index < -0.39 is 0 Å². The van der Waals surface area contributed by atoms with Crippen molar-refractivity contribution in [3.63, 3.8) is 0 Å². The summed E-state index contributed by atoms with van der Waals surface area (Å²) >= 11 is 3.60. The maximum absolute atomic E-state index is 9.61. The second-order valence-corrected chi connectivity index (χ2v) is 6.37. The quantitative estimate of drug-likeness (QED) is 0.925. The van der Waals surface area contributed by atoms with E-state index in [0.29, 0.717) is 0 Å². The smallest absolute Gasteiger partial charge is 0.128 e. The summed E-state index contributed by atoms with van der Waals surface area (Å²) in [5, 5.41) is 9.61. The van der Waals surface area contributed by atoms with Crippen molar-refractivity contribution in [1.82, 2.24) is 4.98 Å². The van der Waals surface area contributed by atoms with Crippen molar-refractivity contribution in [2.24, 2.45) is 0 Å². The molecule has 1 aliphatic rings. The molecule has 0 saturated carbocycles. The third-order valence-corrected chi connectivity index (χ3v) is 4.66. The number of anilines is 1. The molecule has 1 aliphatic heterocycles. The Hall–Kier alpha value is -1.39. The van der Waals surface area contributed by atoms with Gasteiger partial charge in [-0.1, -0.05) is 30.3 Å². The highest BCUT2D eigenvalue weighted by molar-refractivity contribution is 9.10. The molecule has 1 saturated heterocycles. The Kier molecular flexibility index (Phi) is 4.56. The maximum Gasteiger partial charge on any atom is 0.128 e. The van der Waals surface area contributed by atoms with Gasteiger partial charge in [-0.2, -0.15) is 0 Å². The van der Waals surface area contributed by atoms with E-state index in [4.69, 9.17) is 0 Å². The fourth-order valence-electron chi connectivity index (χ4n) is 2.69. The molecule has 0 spiro atoms. The van der Waals surface area contributed by atoms with Crippen LogP contribution in [0.3, 0.4) is 0 Å². The largest absolute Gasteiger partial charge is 0.393 e. The first kappa shape index (κ1) is 14.5. The van der Waals surface area contributed by atoms with Gasteiger partial charge < -0.3 is 10.0 Å². The third-order valence-electron chi connectivity index (χ3n) is 3.95. The van der Waals surface area contributed by atoms with Crippen molar-refractivity contribution >= 4 is 21.7 Å². The van der Waals surface area contributed by atoms with E-state index in [0.717, 1.165) is 42.6 Å². The number of aliphatic hydroxyl groups is 1. The molecule has 0 atom stereocenters. The van der Waals surface area contributed by atoms with Gasteiger partial charge >= 0.3 is 0 Å². The van der Waals surface area contributed by atoms with Crippen molar-refractivity contribution in [2.45, 2.75) is 25.4 Å². The zero-order chi connectivity index (χ0) is 14.7. The van der Waals surface area contributed by atoms with Gasteiger partial charge in [-0.15, -0.1) is 0 Å². The highest BCUT2D eigenvalue weighted by Crippen LogP contribution is 2.25. The van der Waals surface area contributed by atoms with E-state index in [1.54, 1.807) is 0 Å². The second kappa shape index (κ2) is 6.58. The Bertz CT molecular complexity index is 595. The van der Waals surface area contributed by atoms with Gasteiger partial charge in [-0.25, -0.2) is 4.98 Å². The highest BCUT2D eigenvalue weighted by Gasteiger charge is 2.18. The minimum Gasteiger partial charge on any atom is -0.393 e. The molecule has 0 radical (unpaired) electrons. The number of rotatable bonds is 3. The van der Waals surface area contributed by atoms with Crippen LogP contribution in [-0.4, -0.2) is 29.3 Å². The molecular weight excluding hydrogens is 328 g/mol. The van der Waals surface area contributed by atoms with Crippen LogP contribution in [0.1, 0.15) is 24.0 Å². The zero-order valence-corrected chi connectivity index (χ0v) is 13.5. The molecule has 1 N–H and O–H groups in total. The SMILES string of the molecule is OC1CCN(c2cc(Cc3ccccc3)c(Br)cn2)CC1. The molecule has 2 heterocycles. The van der Waals surface area contributed by atoms with E-state index in [1.165, 1.54) is 11.1 Å². The van der Waals surface area contributed by atoms with Crippen LogP contribution in [0.15, 0.2) is 47.1 Å². The first-order valence-corrected chi connectivity index (χ1v) is 8.13. The van der Waals surface area contributed by atoms with Gasteiger partial charge in [0.2, 0.25) is 0 Å². The summed E-state index contributed by atoms with van der Waals surface area (Å²) in [5.74, 6) is 1.01. The number of hydrogen-bond donors (Lipinski definition) is 1. The van der Waals surface area contributed by atoms with Crippen LogP contribution < -0.4 is 4.90 Å². The van der Waals surface area contributed by atoms with Crippen molar-refractivity contribution in [3.05, 3.63) is 58.2 Å². The van der Waals surface area contributed by atoms with E-state index in [9.17, 15) is 5.11 Å². The predicted molar refractivity (Wildman–Crippen MR) is 88.6 cm³/mol. The van der Waals surface area contributed by atoms with Gasteiger partial charge in [0.1, 0.15) is 5.82 Å². The first-order valence-electron chi connectivity index (χ1n) is 7.34. The summed E-state index contributed by atoms with van der Waals surface area (Å²) < 4.78 is 1.05. The number of halogens is 1. The van der Waals surface area contributed by atoms with E-state index in [2.05, 4.69) is 56.1 Å². The summed E-state index contributed by atoms with van der Waals surface area (Å²) in [7, 11) is 0. The summed E-state index contributed by atoms with van der Waals surface area (Å²) in [5.41, 5.74) is 2.54. The Labute approximate surface area is 133 Å². The summed E-state index contributed by atoms with van der Waals surface area (Å²) in [6.07, 6.45) is 4.28. The lowest BCUT2D eigenvalue weighted by Crippen LogP contribution is -2.36. The average molecular weight is 347 g/mol. The number of pyridine rings is 1. The summed E-state index contributed by atoms with van der Waals surface area (Å²) in [4.78, 5) is 6.78. The standard InChI is InChI=1S/C17H19BrN2O/c18-16-12-19-17(20-8-6-15(21)7-9-20)11-14(16)10-13-4-2-1-3-5-13/h1-5,11-12,15,21H,6-10H2. The molecule has 1 fully saturated rings. The summed E-state index contributed by atoms with van der Waals surface area (Å²) in [6.45, 7) is 1.75. The lowest BCUT2D eigenvalue weighted by Gasteiger charge is -2.30. The Morgan fingerprint density at radius 1 is 1.19 bits per heavy atom. The monoisotopic (exact) mass is 346 g/mol. The molecule has 1 aromatic carbocycles. The van der Waals surface area contributed by atoms with Crippen molar-refractivity contribution < 1.29 is 5.11 Å². The second-order valence-electron chi connectivity index (χ2n) is 5.51. The fourth-order valence-corrected chi connectivity index (χ4v) is 3.04. The lowest BCUT2D eigenvalue weighted by atomic mass is 10.0. The van der Waals surface area contributed by atoms with Crippen LogP contribution in [0.4, 0.5) is 5.82 Å². The lowest BCUT2D eigenvalue weighted by molar-refractivity contribution is 0.145. The molecule has 21 heavy (non-hydrogen) atoms. The average Bonchev–Trinajstić information content (AvgIpc) is 2.51. The van der Waals surface area contributed by atoms with Crippen LogP contribution in [0, 0.1) is 0 Å². The molecule has 0 aliphatic carbocycles. The maximum atomic E-state index is 9.61. The molecule has 1 aromatic heterocycles. The highest BCUT2D eigenvalue weighted by atomic mass is 79.9. The fraction of sp³-hybridized carbons (Fsp3) is 0.353. The minimum atomic E-state index is -0.152. The van der Waals surface area contributed by atoms with E-state index in [1.807, 2.05) is 12.3 Å². The Morgan fingerprint density at radius 2 is 1.90 bits per heavy atom. The molecule has 0 amide bonds. The molecule has 3 nitrogen and oxygen atoms in total. The van der Waals surface area contributed by atoms with Crippen LogP contribution in [0.25, 0.3) is 0 Å². The molecule has 0 unspecified atom stereocenters. The topological polar surface area (TPSA) is 36.4 Å². The zero-order valence-electron chi connectivity index (χ0n) is 11.9.